The van der Waals surface area contributed by atoms with Crippen molar-refractivity contribution in [1.82, 2.24) is 19.9 Å². The van der Waals surface area contributed by atoms with Gasteiger partial charge in [0.25, 0.3) is 0 Å². The van der Waals surface area contributed by atoms with Crippen molar-refractivity contribution >= 4 is 11.9 Å². The van der Waals surface area contributed by atoms with Crippen molar-refractivity contribution in [3.63, 3.8) is 0 Å². The highest BCUT2D eigenvalue weighted by Crippen LogP contribution is 2.19. The molecule has 1 aromatic heterocycles. The van der Waals surface area contributed by atoms with Crippen LogP contribution in [0.25, 0.3) is 0 Å². The molecular weight excluding hydrogens is 244 g/mol. The van der Waals surface area contributed by atoms with Gasteiger partial charge in [0.15, 0.2) is 0 Å². The molecule has 1 fully saturated rings. The number of hydrogen-bond donors (Lipinski definition) is 2. The Labute approximate surface area is 113 Å². The van der Waals surface area contributed by atoms with E-state index < -0.39 is 0 Å². The van der Waals surface area contributed by atoms with E-state index in [2.05, 4.69) is 39.0 Å². The molecule has 3 N–H and O–H groups in total. The standard InChI is InChI=1S/C12H22N6O/c1-8(2)18-5-4-9(7-18)6-14-11-15-10(13)16-12(17-11)19-3/h8-9H,4-7H2,1-3H3,(H3,13,14,15,16,17). The summed E-state index contributed by atoms with van der Waals surface area (Å²) in [7, 11) is 1.51. The number of ether oxygens (including phenoxy) is 1. The minimum Gasteiger partial charge on any atom is -0.467 e. The fraction of sp³-hybridized carbons (Fsp3) is 0.750. The van der Waals surface area contributed by atoms with Gasteiger partial charge in [0.05, 0.1) is 7.11 Å². The number of rotatable bonds is 5. The zero-order chi connectivity index (χ0) is 13.8. The number of methoxy groups -OCH3 is 1. The van der Waals surface area contributed by atoms with E-state index in [1.165, 1.54) is 13.5 Å². The molecule has 1 aliphatic rings. The maximum atomic E-state index is 5.59. The summed E-state index contributed by atoms with van der Waals surface area (Å²) in [5.41, 5.74) is 5.59. The van der Waals surface area contributed by atoms with Gasteiger partial charge in [-0.15, -0.1) is 0 Å². The van der Waals surface area contributed by atoms with E-state index in [1.807, 2.05) is 0 Å². The molecule has 7 heteroatoms. The van der Waals surface area contributed by atoms with Crippen LogP contribution in [-0.2, 0) is 0 Å². The molecule has 2 rings (SSSR count). The number of nitrogens with two attached hydrogens (primary N) is 1. The third-order valence-corrected chi connectivity index (χ3v) is 3.41. The summed E-state index contributed by atoms with van der Waals surface area (Å²) in [5, 5.41) is 3.21. The van der Waals surface area contributed by atoms with Crippen LogP contribution in [0.3, 0.4) is 0 Å². The Morgan fingerprint density at radius 2 is 2.21 bits per heavy atom. The molecule has 1 saturated heterocycles. The fourth-order valence-corrected chi connectivity index (χ4v) is 2.28. The molecule has 1 atom stereocenters. The van der Waals surface area contributed by atoms with Gasteiger partial charge in [0.1, 0.15) is 0 Å². The van der Waals surface area contributed by atoms with E-state index in [0.29, 0.717) is 17.9 Å². The van der Waals surface area contributed by atoms with Crippen LogP contribution in [0.2, 0.25) is 0 Å². The first-order chi connectivity index (χ1) is 9.08. The average molecular weight is 266 g/mol. The lowest BCUT2D eigenvalue weighted by molar-refractivity contribution is 0.266. The van der Waals surface area contributed by atoms with Crippen LogP contribution >= 0.6 is 0 Å². The van der Waals surface area contributed by atoms with Crippen molar-refractivity contribution in [3.8, 4) is 6.01 Å². The van der Waals surface area contributed by atoms with E-state index in [-0.39, 0.29) is 12.0 Å². The Balaban J connectivity index is 1.87. The molecule has 0 bridgehead atoms. The predicted molar refractivity (Wildman–Crippen MR) is 74.1 cm³/mol. The summed E-state index contributed by atoms with van der Waals surface area (Å²) in [6.07, 6.45) is 1.20. The molecule has 0 aromatic carbocycles. The molecule has 1 unspecified atom stereocenters. The number of nitrogens with one attached hydrogen (secondary N) is 1. The summed E-state index contributed by atoms with van der Waals surface area (Å²) in [4.78, 5) is 14.5. The molecule has 0 aliphatic carbocycles. The van der Waals surface area contributed by atoms with E-state index in [4.69, 9.17) is 10.5 Å². The van der Waals surface area contributed by atoms with Crippen LogP contribution in [0.5, 0.6) is 6.01 Å². The Morgan fingerprint density at radius 1 is 1.42 bits per heavy atom. The molecule has 2 heterocycles. The molecule has 0 radical (unpaired) electrons. The summed E-state index contributed by atoms with van der Waals surface area (Å²) in [5.74, 6) is 1.27. The number of nitrogens with zero attached hydrogens (tertiary/aromatic N) is 4. The van der Waals surface area contributed by atoms with Gasteiger partial charge in [-0.25, -0.2) is 0 Å². The lowest BCUT2D eigenvalue weighted by atomic mass is 10.1. The number of hydrogen-bond acceptors (Lipinski definition) is 7. The second kappa shape index (κ2) is 6.01. The number of anilines is 2. The molecule has 7 nitrogen and oxygen atoms in total. The van der Waals surface area contributed by atoms with Crippen molar-refractivity contribution in [1.29, 1.82) is 0 Å². The molecular formula is C12H22N6O. The number of aromatic nitrogens is 3. The Bertz CT molecular complexity index is 425. The first kappa shape index (κ1) is 13.8. The maximum absolute atomic E-state index is 5.59. The highest BCUT2D eigenvalue weighted by Gasteiger charge is 2.24. The molecule has 0 amide bonds. The van der Waals surface area contributed by atoms with Crippen LogP contribution in [-0.4, -0.2) is 52.6 Å². The first-order valence-corrected chi connectivity index (χ1v) is 6.62. The first-order valence-electron chi connectivity index (χ1n) is 6.62. The predicted octanol–water partition coefficient (Wildman–Crippen LogP) is 0.605. The quantitative estimate of drug-likeness (QED) is 0.806. The van der Waals surface area contributed by atoms with Crippen LogP contribution in [0.1, 0.15) is 20.3 Å². The monoisotopic (exact) mass is 266 g/mol. The smallest absolute Gasteiger partial charge is 0.322 e. The van der Waals surface area contributed by atoms with Crippen molar-refractivity contribution in [2.75, 3.05) is 37.8 Å². The normalized spacial score (nSPS) is 19.9. The summed E-state index contributed by atoms with van der Waals surface area (Å²) >= 11 is 0. The molecule has 1 aromatic rings. The Morgan fingerprint density at radius 3 is 2.84 bits per heavy atom. The van der Waals surface area contributed by atoms with Crippen molar-refractivity contribution in [2.24, 2.45) is 5.92 Å². The molecule has 19 heavy (non-hydrogen) atoms. The van der Waals surface area contributed by atoms with Crippen LogP contribution in [0.4, 0.5) is 11.9 Å². The van der Waals surface area contributed by atoms with Gasteiger partial charge in [-0.05, 0) is 32.7 Å². The maximum Gasteiger partial charge on any atom is 0.322 e. The minimum absolute atomic E-state index is 0.171. The Hall–Kier alpha value is -1.63. The van der Waals surface area contributed by atoms with Gasteiger partial charge in [-0.2, -0.15) is 15.0 Å². The lowest BCUT2D eigenvalue weighted by Gasteiger charge is -2.20. The second-order valence-corrected chi connectivity index (χ2v) is 5.13. The van der Waals surface area contributed by atoms with Crippen LogP contribution < -0.4 is 15.8 Å². The topological polar surface area (TPSA) is 89.2 Å². The van der Waals surface area contributed by atoms with Crippen LogP contribution in [0, 0.1) is 5.92 Å². The van der Waals surface area contributed by atoms with Crippen molar-refractivity contribution in [2.45, 2.75) is 26.3 Å². The van der Waals surface area contributed by atoms with Crippen molar-refractivity contribution in [3.05, 3.63) is 0 Å². The average Bonchev–Trinajstić information content (AvgIpc) is 2.84. The van der Waals surface area contributed by atoms with Gasteiger partial charge < -0.3 is 20.7 Å². The van der Waals surface area contributed by atoms with Gasteiger partial charge in [0, 0.05) is 19.1 Å². The fourth-order valence-electron chi connectivity index (χ4n) is 2.28. The lowest BCUT2D eigenvalue weighted by Crippen LogP contribution is -2.29. The van der Waals surface area contributed by atoms with Gasteiger partial charge in [0.2, 0.25) is 11.9 Å². The van der Waals surface area contributed by atoms with Gasteiger partial charge in [-0.1, -0.05) is 0 Å². The third-order valence-electron chi connectivity index (χ3n) is 3.41. The second-order valence-electron chi connectivity index (χ2n) is 5.13. The van der Waals surface area contributed by atoms with E-state index >= 15 is 0 Å². The van der Waals surface area contributed by atoms with Crippen LogP contribution in [0.15, 0.2) is 0 Å². The van der Waals surface area contributed by atoms with E-state index in [9.17, 15) is 0 Å². The third kappa shape index (κ3) is 3.66. The summed E-state index contributed by atoms with van der Waals surface area (Å²) in [6, 6.07) is 0.850. The minimum atomic E-state index is 0.171. The SMILES string of the molecule is COc1nc(N)nc(NCC2CCN(C(C)C)C2)n1. The molecule has 0 spiro atoms. The zero-order valence-corrected chi connectivity index (χ0v) is 11.8. The molecule has 106 valence electrons. The summed E-state index contributed by atoms with van der Waals surface area (Å²) < 4.78 is 4.97. The summed E-state index contributed by atoms with van der Waals surface area (Å²) in [6.45, 7) is 7.57. The highest BCUT2D eigenvalue weighted by molar-refractivity contribution is 5.32. The highest BCUT2D eigenvalue weighted by atomic mass is 16.5. The van der Waals surface area contributed by atoms with Gasteiger partial charge >= 0.3 is 6.01 Å². The largest absolute Gasteiger partial charge is 0.467 e. The van der Waals surface area contributed by atoms with E-state index in [0.717, 1.165) is 19.6 Å². The number of nitrogen functional groups attached to an aromatic ring is 1. The zero-order valence-electron chi connectivity index (χ0n) is 11.8. The Kier molecular flexibility index (Phi) is 4.36. The molecule has 1 aliphatic heterocycles. The van der Waals surface area contributed by atoms with Gasteiger partial charge in [-0.3, -0.25) is 0 Å². The number of likely N-dealkylation sites (tertiary alicyclic amines) is 1. The molecule has 0 saturated carbocycles. The van der Waals surface area contributed by atoms with Crippen molar-refractivity contribution < 1.29 is 4.74 Å². The van der Waals surface area contributed by atoms with E-state index in [1.54, 1.807) is 0 Å².